The van der Waals surface area contributed by atoms with Gasteiger partial charge in [0.1, 0.15) is 11.5 Å². The van der Waals surface area contributed by atoms with Crippen LogP contribution in [-0.2, 0) is 11.2 Å². The van der Waals surface area contributed by atoms with Crippen molar-refractivity contribution in [3.63, 3.8) is 0 Å². The summed E-state index contributed by atoms with van der Waals surface area (Å²) >= 11 is 0. The van der Waals surface area contributed by atoms with Gasteiger partial charge in [-0.25, -0.2) is 0 Å². The summed E-state index contributed by atoms with van der Waals surface area (Å²) in [6.45, 7) is 4.31. The number of benzene rings is 2. The number of rotatable bonds is 9. The predicted octanol–water partition coefficient (Wildman–Crippen LogP) is 5.78. The minimum atomic E-state index is 0.268. The number of carbonyl (C=O) groups excluding carboxylic acids is 1. The van der Waals surface area contributed by atoms with Gasteiger partial charge in [0.15, 0.2) is 0 Å². The first-order chi connectivity index (χ1) is 12.1. The Kier molecular flexibility index (Phi) is 7.46. The van der Waals surface area contributed by atoms with E-state index in [1.165, 1.54) is 16.7 Å². The molecule has 2 aromatic carbocycles. The Hall–Kier alpha value is -2.35. The van der Waals surface area contributed by atoms with Crippen molar-refractivity contribution in [2.75, 3.05) is 7.11 Å². The van der Waals surface area contributed by atoms with Gasteiger partial charge in [0.05, 0.1) is 7.11 Å². The molecule has 0 atom stereocenters. The summed E-state index contributed by atoms with van der Waals surface area (Å²) in [5, 5.41) is 0. The maximum atomic E-state index is 12.4. The van der Waals surface area contributed by atoms with Crippen LogP contribution in [0.15, 0.2) is 54.6 Å². The minimum absolute atomic E-state index is 0.268. The van der Waals surface area contributed by atoms with E-state index in [0.29, 0.717) is 12.8 Å². The Morgan fingerprint density at radius 3 is 2.60 bits per heavy atom. The summed E-state index contributed by atoms with van der Waals surface area (Å²) in [4.78, 5) is 12.4. The van der Waals surface area contributed by atoms with Crippen LogP contribution in [0.2, 0.25) is 0 Å². The topological polar surface area (TPSA) is 26.3 Å². The summed E-state index contributed by atoms with van der Waals surface area (Å²) in [5.74, 6) is 1.07. The number of carbonyl (C=O) groups is 1. The van der Waals surface area contributed by atoms with Crippen molar-refractivity contribution >= 4 is 11.4 Å². The van der Waals surface area contributed by atoms with Gasteiger partial charge in [-0.1, -0.05) is 55.8 Å². The van der Waals surface area contributed by atoms with Crippen LogP contribution in [0.1, 0.15) is 49.3 Å². The quantitative estimate of drug-likeness (QED) is 0.580. The van der Waals surface area contributed by atoms with E-state index in [0.717, 1.165) is 30.6 Å². The maximum Gasteiger partial charge on any atom is 0.137 e. The fourth-order valence-electron chi connectivity index (χ4n) is 2.97. The zero-order valence-electron chi connectivity index (χ0n) is 15.5. The molecular weight excluding hydrogens is 308 g/mol. The SMILES string of the molecule is CCC/C=C(/CCC(=O)Cc1cccc(OC)c1)c1ccccc1C. The van der Waals surface area contributed by atoms with E-state index in [2.05, 4.69) is 44.2 Å². The second-order valence-electron chi connectivity index (χ2n) is 6.40. The third kappa shape index (κ3) is 5.90. The lowest BCUT2D eigenvalue weighted by molar-refractivity contribution is -0.118. The van der Waals surface area contributed by atoms with E-state index in [4.69, 9.17) is 4.74 Å². The highest BCUT2D eigenvalue weighted by Gasteiger charge is 2.09. The van der Waals surface area contributed by atoms with Gasteiger partial charge >= 0.3 is 0 Å². The van der Waals surface area contributed by atoms with E-state index < -0.39 is 0 Å². The number of hydrogen-bond acceptors (Lipinski definition) is 2. The Morgan fingerprint density at radius 1 is 1.08 bits per heavy atom. The Morgan fingerprint density at radius 2 is 1.88 bits per heavy atom. The van der Waals surface area contributed by atoms with Gasteiger partial charge in [-0.05, 0) is 54.2 Å². The highest BCUT2D eigenvalue weighted by molar-refractivity contribution is 5.83. The molecule has 2 aromatic rings. The van der Waals surface area contributed by atoms with Gasteiger partial charge in [-0.2, -0.15) is 0 Å². The number of Topliss-reactive ketones (excluding diaryl/α,β-unsaturated/α-hetero) is 1. The number of allylic oxidation sites excluding steroid dienone is 2. The number of hydrogen-bond donors (Lipinski definition) is 0. The van der Waals surface area contributed by atoms with Gasteiger partial charge in [-0.15, -0.1) is 0 Å². The molecule has 0 aromatic heterocycles. The lowest BCUT2D eigenvalue weighted by Gasteiger charge is -2.11. The molecule has 0 aliphatic heterocycles. The molecule has 0 amide bonds. The van der Waals surface area contributed by atoms with Gasteiger partial charge in [0.2, 0.25) is 0 Å². The van der Waals surface area contributed by atoms with E-state index in [1.807, 2.05) is 24.3 Å². The van der Waals surface area contributed by atoms with Crippen LogP contribution in [0.25, 0.3) is 5.57 Å². The Labute approximate surface area is 151 Å². The van der Waals surface area contributed by atoms with Crippen LogP contribution in [0.4, 0.5) is 0 Å². The molecule has 0 spiro atoms. The predicted molar refractivity (Wildman–Crippen MR) is 105 cm³/mol. The van der Waals surface area contributed by atoms with Gasteiger partial charge in [0, 0.05) is 12.8 Å². The summed E-state index contributed by atoms with van der Waals surface area (Å²) in [7, 11) is 1.65. The van der Waals surface area contributed by atoms with Crippen molar-refractivity contribution in [3.8, 4) is 5.75 Å². The Bertz CT molecular complexity index is 728. The monoisotopic (exact) mass is 336 g/mol. The molecule has 0 bridgehead atoms. The first-order valence-corrected chi connectivity index (χ1v) is 9.03. The van der Waals surface area contributed by atoms with Crippen LogP contribution in [-0.4, -0.2) is 12.9 Å². The van der Waals surface area contributed by atoms with Crippen molar-refractivity contribution in [1.29, 1.82) is 0 Å². The standard InChI is InChI=1S/C23H28O2/c1-4-5-11-20(23-13-7-6-9-18(23)2)14-15-21(24)16-19-10-8-12-22(17-19)25-3/h6-13,17H,4-5,14-16H2,1-3H3/b20-11-. The normalized spacial score (nSPS) is 11.4. The molecule has 0 aliphatic carbocycles. The summed E-state index contributed by atoms with van der Waals surface area (Å²) in [6, 6.07) is 16.2. The zero-order chi connectivity index (χ0) is 18.1. The number of ketones is 1. The molecule has 2 nitrogen and oxygen atoms in total. The lowest BCUT2D eigenvalue weighted by Crippen LogP contribution is -2.03. The molecule has 25 heavy (non-hydrogen) atoms. The van der Waals surface area contributed by atoms with Crippen molar-refractivity contribution < 1.29 is 9.53 Å². The van der Waals surface area contributed by atoms with Crippen LogP contribution in [0.5, 0.6) is 5.75 Å². The maximum absolute atomic E-state index is 12.4. The van der Waals surface area contributed by atoms with E-state index in [-0.39, 0.29) is 5.78 Å². The summed E-state index contributed by atoms with van der Waals surface area (Å²) in [6.07, 6.45) is 6.29. The van der Waals surface area contributed by atoms with Gasteiger partial charge < -0.3 is 4.74 Å². The van der Waals surface area contributed by atoms with E-state index in [1.54, 1.807) is 7.11 Å². The van der Waals surface area contributed by atoms with E-state index in [9.17, 15) is 4.79 Å². The largest absolute Gasteiger partial charge is 0.497 e. The zero-order valence-corrected chi connectivity index (χ0v) is 15.5. The van der Waals surface area contributed by atoms with E-state index >= 15 is 0 Å². The highest BCUT2D eigenvalue weighted by atomic mass is 16.5. The van der Waals surface area contributed by atoms with Crippen molar-refractivity contribution in [2.24, 2.45) is 0 Å². The van der Waals surface area contributed by atoms with Crippen LogP contribution >= 0.6 is 0 Å². The van der Waals surface area contributed by atoms with Gasteiger partial charge in [-0.3, -0.25) is 4.79 Å². The molecule has 2 heteroatoms. The number of ether oxygens (including phenoxy) is 1. The average Bonchev–Trinajstić information content (AvgIpc) is 2.63. The smallest absolute Gasteiger partial charge is 0.137 e. The molecule has 0 N–H and O–H groups in total. The molecule has 0 heterocycles. The van der Waals surface area contributed by atoms with Crippen molar-refractivity contribution in [2.45, 2.75) is 46.0 Å². The Balaban J connectivity index is 2.02. The fourth-order valence-corrected chi connectivity index (χ4v) is 2.97. The van der Waals surface area contributed by atoms with Crippen LogP contribution < -0.4 is 4.74 Å². The molecule has 0 fully saturated rings. The molecule has 0 saturated carbocycles. The third-order valence-electron chi connectivity index (χ3n) is 4.38. The molecule has 2 rings (SSSR count). The molecule has 0 aliphatic rings. The minimum Gasteiger partial charge on any atom is -0.497 e. The first-order valence-electron chi connectivity index (χ1n) is 9.03. The first kappa shape index (κ1) is 19.0. The van der Waals surface area contributed by atoms with Gasteiger partial charge in [0.25, 0.3) is 0 Å². The highest BCUT2D eigenvalue weighted by Crippen LogP contribution is 2.25. The summed E-state index contributed by atoms with van der Waals surface area (Å²) in [5.41, 5.74) is 4.84. The fraction of sp³-hybridized carbons (Fsp3) is 0.348. The molecular formula is C23H28O2. The molecule has 0 unspecified atom stereocenters. The number of aryl methyl sites for hydroxylation is 1. The third-order valence-corrected chi connectivity index (χ3v) is 4.38. The number of methoxy groups -OCH3 is 1. The average molecular weight is 336 g/mol. The molecule has 0 saturated heterocycles. The second kappa shape index (κ2) is 9.83. The van der Waals surface area contributed by atoms with Crippen LogP contribution in [0, 0.1) is 6.92 Å². The molecule has 132 valence electrons. The second-order valence-corrected chi connectivity index (χ2v) is 6.40. The number of unbranched alkanes of at least 4 members (excludes halogenated alkanes) is 1. The molecule has 0 radical (unpaired) electrons. The van der Waals surface area contributed by atoms with Crippen molar-refractivity contribution in [1.82, 2.24) is 0 Å². The summed E-state index contributed by atoms with van der Waals surface area (Å²) < 4.78 is 5.23. The van der Waals surface area contributed by atoms with Crippen LogP contribution in [0.3, 0.4) is 0 Å². The van der Waals surface area contributed by atoms with Crippen molar-refractivity contribution in [3.05, 3.63) is 71.3 Å². The lowest BCUT2D eigenvalue weighted by atomic mass is 9.94.